The summed E-state index contributed by atoms with van der Waals surface area (Å²) >= 11 is 0. The third kappa shape index (κ3) is 15.5. The van der Waals surface area contributed by atoms with Crippen LogP contribution in [0.1, 0.15) is 105 Å². The Morgan fingerprint density at radius 1 is 0.410 bits per heavy atom. The molecule has 0 spiro atoms. The molecule has 1 aliphatic carbocycles. The van der Waals surface area contributed by atoms with Crippen molar-refractivity contribution in [3.63, 3.8) is 0 Å². The molecule has 30 nitrogen and oxygen atoms in total. The minimum absolute atomic E-state index is 0.349. The van der Waals surface area contributed by atoms with Gasteiger partial charge in [0.05, 0.1) is 126 Å². The average molecular weight is 1630 g/mol. The second-order valence-corrected chi connectivity index (χ2v) is 34.6. The summed E-state index contributed by atoms with van der Waals surface area (Å²) in [6, 6.07) is 42.9. The van der Waals surface area contributed by atoms with Gasteiger partial charge < -0.3 is 53.7 Å². The molecule has 7 atom stereocenters. The van der Waals surface area contributed by atoms with Gasteiger partial charge in [-0.2, -0.15) is 36.3 Å². The van der Waals surface area contributed by atoms with Crippen LogP contribution in [0.5, 0.6) is 23.4 Å². The highest BCUT2D eigenvalue weighted by atomic mass is 16.5. The van der Waals surface area contributed by atoms with Crippen LogP contribution in [0.3, 0.4) is 0 Å². The first kappa shape index (κ1) is 78.8. The third-order valence-corrected chi connectivity index (χ3v) is 26.5. The number of nitriles is 4. The van der Waals surface area contributed by atoms with Crippen molar-refractivity contribution in [1.82, 2.24) is 73.4 Å². The molecule has 7 unspecified atom stereocenters. The van der Waals surface area contributed by atoms with Gasteiger partial charge in [0.2, 0.25) is 17.6 Å². The second-order valence-electron chi connectivity index (χ2n) is 34.6. The van der Waals surface area contributed by atoms with Crippen LogP contribution < -0.4 is 43.4 Å². The predicted molar refractivity (Wildman–Crippen MR) is 459 cm³/mol. The lowest BCUT2D eigenvalue weighted by Crippen LogP contribution is -2.68. The number of aliphatic hydroxyl groups is 2. The van der Waals surface area contributed by atoms with Crippen LogP contribution in [-0.4, -0.2) is 224 Å². The lowest BCUT2D eigenvalue weighted by Gasteiger charge is -2.56. The Hall–Kier alpha value is -13.1. The Kier molecular flexibility index (Phi) is 21.0. The van der Waals surface area contributed by atoms with Crippen molar-refractivity contribution in [3.05, 3.63) is 199 Å². The van der Waals surface area contributed by atoms with Crippen molar-refractivity contribution < 1.29 is 29.2 Å². The molecule has 11 aliphatic heterocycles. The van der Waals surface area contributed by atoms with Crippen molar-refractivity contribution in [1.29, 1.82) is 21.0 Å². The molecule has 0 radical (unpaired) electrons. The van der Waals surface area contributed by atoms with Crippen molar-refractivity contribution in [2.75, 3.05) is 118 Å². The van der Waals surface area contributed by atoms with E-state index in [0.29, 0.717) is 109 Å². The molecule has 23 heterocycles. The van der Waals surface area contributed by atoms with E-state index in [2.05, 4.69) is 160 Å². The molecule has 0 amide bonds. The van der Waals surface area contributed by atoms with Crippen molar-refractivity contribution in [3.8, 4) is 81.0 Å². The van der Waals surface area contributed by atoms with Gasteiger partial charge in [-0.05, 0) is 137 Å². The summed E-state index contributed by atoms with van der Waals surface area (Å²) in [6.45, 7) is 15.3. The topological polar surface area (TPSA) is 328 Å². The largest absolute Gasteiger partial charge is 0.490 e. The molecule has 1 saturated carbocycles. The van der Waals surface area contributed by atoms with E-state index in [1.165, 1.54) is 36.0 Å². The number of β-amino-alcohol motifs (C(OH)–C–C–N with tert-alkyl or cyclic N) is 1. The molecule has 12 aromatic rings. The van der Waals surface area contributed by atoms with E-state index in [4.69, 9.17) is 33.9 Å². The summed E-state index contributed by atoms with van der Waals surface area (Å²) in [7, 11) is 4.91. The molecule has 2 N–H and O–H groups in total. The van der Waals surface area contributed by atoms with Crippen LogP contribution >= 0.6 is 0 Å². The number of hydrogen-bond acceptors (Lipinski definition) is 27. The van der Waals surface area contributed by atoms with Gasteiger partial charge in [-0.15, -0.1) is 0 Å². The van der Waals surface area contributed by atoms with Crippen LogP contribution in [0.25, 0.3) is 49.9 Å². The number of nitrogens with zero attached hydrogens (tertiary/aromatic N) is 24. The van der Waals surface area contributed by atoms with E-state index in [9.17, 15) is 31.3 Å². The van der Waals surface area contributed by atoms with E-state index in [0.717, 1.165) is 177 Å². The Morgan fingerprint density at radius 2 is 0.779 bits per heavy atom. The number of hydrogen-bond donors (Lipinski definition) is 2. The summed E-state index contributed by atoms with van der Waals surface area (Å²) in [5, 5.41) is 73.1. The van der Waals surface area contributed by atoms with Crippen molar-refractivity contribution in [2.24, 2.45) is 5.41 Å². The first-order valence-corrected chi connectivity index (χ1v) is 42.0. The van der Waals surface area contributed by atoms with E-state index in [-0.39, 0.29) is 0 Å². The van der Waals surface area contributed by atoms with Gasteiger partial charge in [0, 0.05) is 210 Å². The molecular weight excluding hydrogens is 1540 g/mol. The summed E-state index contributed by atoms with van der Waals surface area (Å²) in [5.74, 6) is 5.44. The Labute approximate surface area is 707 Å². The molecule has 6 bridgehead atoms. The minimum atomic E-state index is -0.712. The summed E-state index contributed by atoms with van der Waals surface area (Å²) in [6.07, 6.45) is 30.5. The lowest BCUT2D eigenvalue weighted by atomic mass is 9.71. The Morgan fingerprint density at radius 3 is 1.10 bits per heavy atom. The quantitative estimate of drug-likeness (QED) is 0.0716. The number of aromatic nitrogens is 12. The SMILES string of the molecule is COc1ccc(CN2C3CC2CN(c2ccc(-c4cc(N5CCC(C)(O)C5)cn5ncc(C#N)c45)cn2)C3)cn1.COc1ccc(CN2C3CC2CN(c2ccc(-c4cc(N5CCC(C)(O)CC5)cn5ncc(C#N)c45)cn2)C3)cn1.COc1ccc(CN2C3CC2CN(c2ccc(-c4cc(OCC5(C#N)CCC5)cn5ncc(C#N)c45)cn2)C3)cn1. The molecule has 12 aromatic heterocycles. The number of fused-ring (bicyclic) bond motifs is 9. The maximum Gasteiger partial charge on any atom is 0.212 e. The zero-order valence-corrected chi connectivity index (χ0v) is 69.1. The number of pyridine rings is 9. The fourth-order valence-corrected chi connectivity index (χ4v) is 19.3. The average Bonchev–Trinajstić information content (AvgIpc) is 1.31. The Balaban J connectivity index is 0.000000121. The van der Waals surface area contributed by atoms with Crippen LogP contribution in [0, 0.1) is 50.7 Å². The van der Waals surface area contributed by atoms with E-state index < -0.39 is 16.6 Å². The highest BCUT2D eigenvalue weighted by Crippen LogP contribution is 2.45. The summed E-state index contributed by atoms with van der Waals surface area (Å²) < 4.78 is 26.9. The zero-order chi connectivity index (χ0) is 83.5. The van der Waals surface area contributed by atoms with E-state index >= 15 is 0 Å². The normalized spacial score (nSPS) is 22.3. The molecule has 620 valence electrons. The van der Waals surface area contributed by atoms with Gasteiger partial charge in [0.1, 0.15) is 48.0 Å². The predicted octanol–water partition coefficient (Wildman–Crippen LogP) is 10.8. The van der Waals surface area contributed by atoms with Crippen LogP contribution in [-0.2, 0) is 19.6 Å². The lowest BCUT2D eigenvalue weighted by molar-refractivity contribution is -0.00879. The van der Waals surface area contributed by atoms with Crippen LogP contribution in [0.4, 0.5) is 28.8 Å². The van der Waals surface area contributed by atoms with Gasteiger partial charge in [-0.25, -0.2) is 43.5 Å². The monoisotopic (exact) mass is 1630 g/mol. The first-order valence-electron chi connectivity index (χ1n) is 42.0. The fraction of sp³-hybridized carbons (Fsp3) is 0.402. The fourth-order valence-electron chi connectivity index (χ4n) is 19.3. The standard InChI is InChI=1S/C31H34N8O2.C31H30N8O2.C30H32N8O2/c1-31(40)7-9-36(10-8-31)24-12-27(30-23(13-32)16-35-39(30)20-24)22-4-5-28(33-15-22)37-18-25-11-26(19-37)38(25)17-21-3-6-29(41-2)34-14-21;1-40-29-6-3-21(12-35-29)15-38-24-9-25(38)17-37(16-24)28-5-4-22(13-34-28)27-10-26(41-20-31(19-33)7-2-8-31)18-39-30(27)23(11-32)14-36-39;1-30(39)7-8-35(19-30)23-10-26(29-22(11-31)14-34-38(29)18-23)21-4-5-27(32-13-21)36-16-24-9-25(17-36)37(24)15-20-3-6-28(40-2)33-12-20/h3-6,12,14-16,20,25-26,40H,7-11,17-19H2,1-2H3;3-6,10,12-14,18,24-25H,2,7-9,15-17,20H2,1H3;3-6,10,12-14,18,24-25,39H,7-9,15-17,19H2,1-2H3. The van der Waals surface area contributed by atoms with Crippen molar-refractivity contribution in [2.45, 2.75) is 139 Å². The molecule has 12 fully saturated rings. The number of methoxy groups -OCH3 is 3. The smallest absolute Gasteiger partial charge is 0.212 e. The second kappa shape index (κ2) is 32.5. The molecule has 11 saturated heterocycles. The van der Waals surface area contributed by atoms with Gasteiger partial charge in [-0.1, -0.05) is 24.6 Å². The summed E-state index contributed by atoms with van der Waals surface area (Å²) in [4.78, 5) is 46.9. The molecular formula is C92H96N24O6. The van der Waals surface area contributed by atoms with Crippen molar-refractivity contribution >= 4 is 45.4 Å². The number of anilines is 5. The molecule has 122 heavy (non-hydrogen) atoms. The molecule has 12 aliphatic rings. The van der Waals surface area contributed by atoms with Gasteiger partial charge in [0.15, 0.2) is 0 Å². The third-order valence-electron chi connectivity index (χ3n) is 26.5. The first-order chi connectivity index (χ1) is 59.4. The molecule has 24 rings (SSSR count). The van der Waals surface area contributed by atoms with Gasteiger partial charge in [0.25, 0.3) is 0 Å². The minimum Gasteiger partial charge on any atom is -0.490 e. The highest BCUT2D eigenvalue weighted by Gasteiger charge is 2.48. The van der Waals surface area contributed by atoms with E-state index in [1.807, 2.05) is 87.7 Å². The zero-order valence-electron chi connectivity index (χ0n) is 69.1. The molecule has 0 aromatic carbocycles. The van der Waals surface area contributed by atoms with Gasteiger partial charge in [-0.3, -0.25) is 14.7 Å². The maximum absolute atomic E-state index is 10.5. The van der Waals surface area contributed by atoms with Gasteiger partial charge >= 0.3 is 0 Å². The number of piperidine rings is 4. The maximum atomic E-state index is 10.5. The Bertz CT molecular complexity index is 5980. The van der Waals surface area contributed by atoms with Crippen LogP contribution in [0.2, 0.25) is 0 Å². The number of rotatable bonds is 20. The number of ether oxygens (including phenoxy) is 4. The van der Waals surface area contributed by atoms with Crippen LogP contribution in [0.15, 0.2) is 165 Å². The van der Waals surface area contributed by atoms with E-state index in [1.54, 1.807) is 59.7 Å². The molecule has 30 heteroatoms. The number of piperazine rings is 3. The summed E-state index contributed by atoms with van der Waals surface area (Å²) in [5.41, 5.74) is 13.2. The highest BCUT2D eigenvalue weighted by molar-refractivity contribution is 5.89.